The van der Waals surface area contributed by atoms with E-state index in [4.69, 9.17) is 47.1 Å². The van der Waals surface area contributed by atoms with E-state index in [0.29, 0.717) is 5.75 Å². The summed E-state index contributed by atoms with van der Waals surface area (Å²) in [6.07, 6.45) is -17.2. The summed E-state index contributed by atoms with van der Waals surface area (Å²) in [7, 11) is -2.00. The molecule has 0 spiro atoms. The fourth-order valence-electron chi connectivity index (χ4n) is 11.7. The van der Waals surface area contributed by atoms with Crippen molar-refractivity contribution < 1.29 is 85.7 Å². The number of hydrogen-bond donors (Lipinski definition) is 1. The van der Waals surface area contributed by atoms with Crippen molar-refractivity contribution in [1.29, 1.82) is 0 Å². The summed E-state index contributed by atoms with van der Waals surface area (Å²) in [6, 6.07) is 49.3. The molecule has 1 N–H and O–H groups in total. The lowest BCUT2D eigenvalue weighted by molar-refractivity contribution is -0.341. The average molecular weight is 1270 g/mol. The molecule has 0 saturated carbocycles. The van der Waals surface area contributed by atoms with Crippen LogP contribution in [-0.4, -0.2) is 141 Å². The fourth-order valence-corrected chi connectivity index (χ4v) is 16.2. The molecule has 7 aromatic carbocycles. The van der Waals surface area contributed by atoms with Crippen LogP contribution in [0.4, 0.5) is 0 Å². The lowest BCUT2D eigenvalue weighted by Gasteiger charge is -2.50. The quantitative estimate of drug-likeness (QED) is 0.0288. The first-order valence-electron chi connectivity index (χ1n) is 30.3. The Labute approximate surface area is 534 Å². The lowest BCUT2D eigenvalue weighted by Crippen LogP contribution is -2.71. The van der Waals surface area contributed by atoms with Crippen LogP contribution in [0.2, 0.25) is 5.04 Å². The number of carbonyl (C=O) groups excluding carboxylic acids is 7. The van der Waals surface area contributed by atoms with Gasteiger partial charge in [0.05, 0.1) is 48.0 Å². The molecule has 3 heterocycles. The molecular weight excluding hydrogens is 1190 g/mol. The molecule has 0 bridgehead atoms. The SMILES string of the molecule is COc1ccc(O[C@@H]2O[C@H](CO[Si](c3ccccc3)(c3ccccc3)C(C)(C)C)[C@@H](O)[C@H](O[C@@H]3O[C@H](COC(=O)CCC(C)=O)[C@@H](OC(=O)c4ccc(C)cc4)[C@H](OC(=O)c4ccc(C)cc4)[C@H]3OC(=O)c3ccc(C)cc3)[C@H]2N2C(=O)c3ccccc3C2=O)cc1. The summed E-state index contributed by atoms with van der Waals surface area (Å²) in [5.74, 6) is -5.15. The minimum absolute atomic E-state index is 0.0104. The molecule has 7 aromatic rings. The number of rotatable bonds is 22. The first-order chi connectivity index (χ1) is 44.1. The molecule has 92 heavy (non-hydrogen) atoms. The second-order valence-corrected chi connectivity index (χ2v) is 28.4. The number of benzene rings is 7. The Kier molecular flexibility index (Phi) is 20.4. The van der Waals surface area contributed by atoms with E-state index in [1.807, 2.05) is 81.4 Å². The molecule has 0 unspecified atom stereocenters. The molecule has 2 fully saturated rings. The van der Waals surface area contributed by atoms with Crippen LogP contribution < -0.4 is 19.8 Å². The number of imide groups is 1. The van der Waals surface area contributed by atoms with Crippen molar-refractivity contribution >= 4 is 60.2 Å². The number of ether oxygens (including phenoxy) is 9. The summed E-state index contributed by atoms with van der Waals surface area (Å²) in [4.78, 5) is 101. The number of aryl methyl sites for hydroxylation is 3. The zero-order valence-corrected chi connectivity index (χ0v) is 53.3. The number of nitrogens with zero attached hydrogens (tertiary/aromatic N) is 1. The number of aliphatic hydroxyl groups is 1. The first kappa shape index (κ1) is 65.8. The Morgan fingerprint density at radius 1 is 0.522 bits per heavy atom. The highest BCUT2D eigenvalue weighted by Crippen LogP contribution is 2.41. The number of esters is 4. The number of amides is 2. The Hall–Kier alpha value is -9.15. The second-order valence-electron chi connectivity index (χ2n) is 24.1. The van der Waals surface area contributed by atoms with E-state index in [0.717, 1.165) is 32.0 Å². The molecule has 3 aliphatic rings. The van der Waals surface area contributed by atoms with Crippen LogP contribution in [0, 0.1) is 20.8 Å². The maximum Gasteiger partial charge on any atom is 0.338 e. The van der Waals surface area contributed by atoms with Crippen molar-refractivity contribution in [3.63, 3.8) is 0 Å². The summed E-state index contributed by atoms with van der Waals surface area (Å²) in [5, 5.41) is 14.7. The highest BCUT2D eigenvalue weighted by molar-refractivity contribution is 6.99. The van der Waals surface area contributed by atoms with Gasteiger partial charge in [0.2, 0.25) is 6.29 Å². The number of fused-ring (bicyclic) bond motifs is 1. The molecular formula is C72H73NO18Si. The van der Waals surface area contributed by atoms with Crippen LogP contribution in [0.5, 0.6) is 11.5 Å². The van der Waals surface area contributed by atoms with Gasteiger partial charge in [-0.3, -0.25) is 19.3 Å². The van der Waals surface area contributed by atoms with Gasteiger partial charge in [-0.05, 0) is 116 Å². The van der Waals surface area contributed by atoms with E-state index in [1.54, 1.807) is 72.8 Å². The second kappa shape index (κ2) is 28.6. The summed E-state index contributed by atoms with van der Waals surface area (Å²) in [5.41, 5.74) is 2.51. The Morgan fingerprint density at radius 2 is 0.967 bits per heavy atom. The monoisotopic (exact) mass is 1270 g/mol. The normalized spacial score (nSPS) is 22.2. The van der Waals surface area contributed by atoms with Gasteiger partial charge in [0, 0.05) is 6.42 Å². The lowest BCUT2D eigenvalue weighted by atomic mass is 9.94. The van der Waals surface area contributed by atoms with Crippen LogP contribution >= 0.6 is 0 Å². The van der Waals surface area contributed by atoms with Crippen LogP contribution in [0.15, 0.2) is 182 Å². The molecule has 2 saturated heterocycles. The van der Waals surface area contributed by atoms with E-state index in [9.17, 15) is 29.1 Å². The number of methoxy groups -OCH3 is 1. The van der Waals surface area contributed by atoms with E-state index in [2.05, 4.69) is 20.8 Å². The molecule has 20 heteroatoms. The smallest absolute Gasteiger partial charge is 0.338 e. The Balaban J connectivity index is 1.16. The fraction of sp³-hybridized carbons (Fsp3) is 0.319. The van der Waals surface area contributed by atoms with E-state index in [-0.39, 0.29) is 58.8 Å². The molecule has 478 valence electrons. The highest BCUT2D eigenvalue weighted by Gasteiger charge is 2.61. The minimum atomic E-state index is -3.49. The topological polar surface area (TPSA) is 235 Å². The predicted molar refractivity (Wildman–Crippen MR) is 338 cm³/mol. The number of Topliss-reactive ketones (excluding diaryl/α,β-unsaturated/α-hetero) is 1. The molecule has 0 aromatic heterocycles. The zero-order chi connectivity index (χ0) is 65.4. The minimum Gasteiger partial charge on any atom is -0.497 e. The molecule has 0 aliphatic carbocycles. The number of carbonyl (C=O) groups is 7. The van der Waals surface area contributed by atoms with E-state index >= 15 is 9.59 Å². The summed E-state index contributed by atoms with van der Waals surface area (Å²) >= 11 is 0. The molecule has 0 radical (unpaired) electrons. The number of ketones is 1. The van der Waals surface area contributed by atoms with Crippen LogP contribution in [0.25, 0.3) is 0 Å². The van der Waals surface area contributed by atoms with Crippen molar-refractivity contribution in [1.82, 2.24) is 4.90 Å². The largest absolute Gasteiger partial charge is 0.497 e. The highest BCUT2D eigenvalue weighted by atomic mass is 28.4. The number of hydrogen-bond acceptors (Lipinski definition) is 18. The Bertz CT molecular complexity index is 3690. The van der Waals surface area contributed by atoms with Gasteiger partial charge in [-0.2, -0.15) is 0 Å². The molecule has 10 rings (SSSR count). The third-order valence-electron chi connectivity index (χ3n) is 16.5. The molecule has 19 nitrogen and oxygen atoms in total. The van der Waals surface area contributed by atoms with Crippen molar-refractivity contribution in [3.05, 3.63) is 226 Å². The average Bonchev–Trinajstić information content (AvgIpc) is 1.30. The third-order valence-corrected chi connectivity index (χ3v) is 21.5. The summed E-state index contributed by atoms with van der Waals surface area (Å²) < 4.78 is 65.8. The van der Waals surface area contributed by atoms with Crippen LogP contribution in [-0.2, 0) is 47.2 Å². The third kappa shape index (κ3) is 14.5. The van der Waals surface area contributed by atoms with Gasteiger partial charge in [-0.15, -0.1) is 0 Å². The van der Waals surface area contributed by atoms with E-state index < -0.39 is 117 Å². The van der Waals surface area contributed by atoms with Gasteiger partial charge in [0.25, 0.3) is 20.1 Å². The first-order valence-corrected chi connectivity index (χ1v) is 32.2. The molecule has 10 atom stereocenters. The van der Waals surface area contributed by atoms with Gasteiger partial charge < -0.3 is 57.0 Å². The maximum atomic E-state index is 15.1. The van der Waals surface area contributed by atoms with Gasteiger partial charge in [-0.1, -0.05) is 147 Å². The van der Waals surface area contributed by atoms with Crippen molar-refractivity contribution in [2.75, 3.05) is 20.3 Å². The van der Waals surface area contributed by atoms with Gasteiger partial charge >= 0.3 is 23.9 Å². The maximum absolute atomic E-state index is 15.1. The van der Waals surface area contributed by atoms with E-state index in [1.165, 1.54) is 62.6 Å². The summed E-state index contributed by atoms with van der Waals surface area (Å²) in [6.45, 7) is 11.8. The molecule has 2 amide bonds. The zero-order valence-electron chi connectivity index (χ0n) is 52.3. The van der Waals surface area contributed by atoms with Crippen molar-refractivity contribution in [2.24, 2.45) is 0 Å². The predicted octanol–water partition coefficient (Wildman–Crippen LogP) is 9.03. The van der Waals surface area contributed by atoms with Crippen LogP contribution in [0.1, 0.15) is 109 Å². The standard InChI is InChI=1S/C72H73NO18Si/c1-43-23-30-47(31-24-43)67(79)88-61-57(41-83-58(75)40-29-46(4)74)87-71(64(90-69(81)49-34-27-45(3)28-35-49)63(61)89-68(80)48-32-25-44(2)26-33-48)91-62-59(73-65(77)54-21-15-16-22-55(54)66(73)78)70(85-51-38-36-50(82-8)37-39-51)86-56(60(62)76)42-84-92(72(5,6)7,52-17-11-9-12-18-52)53-19-13-10-14-20-53/h9-28,30-39,56-57,59-64,70-71,76H,29,40-42H2,1-8H3/t56-,57-,59-,60-,61-,62-,63+,64-,70-,71+/m1/s1. The van der Waals surface area contributed by atoms with Gasteiger partial charge in [0.1, 0.15) is 54.3 Å². The van der Waals surface area contributed by atoms with Gasteiger partial charge in [-0.25, -0.2) is 14.4 Å². The van der Waals surface area contributed by atoms with Crippen LogP contribution in [0.3, 0.4) is 0 Å². The molecule has 3 aliphatic heterocycles. The van der Waals surface area contributed by atoms with Crippen molar-refractivity contribution in [2.45, 2.75) is 128 Å². The Morgan fingerprint density at radius 3 is 1.43 bits per heavy atom. The van der Waals surface area contributed by atoms with Crippen molar-refractivity contribution in [3.8, 4) is 11.5 Å². The van der Waals surface area contributed by atoms with Gasteiger partial charge in [0.15, 0.2) is 24.6 Å². The number of aliphatic hydroxyl groups excluding tert-OH is 1.